The molecule has 1 amide bonds. The van der Waals surface area contributed by atoms with Crippen LogP contribution >= 0.6 is 0 Å². The predicted octanol–water partition coefficient (Wildman–Crippen LogP) is 2.47. The number of carbonyl (C=O) groups is 2. The van der Waals surface area contributed by atoms with Crippen LogP contribution in [-0.2, 0) is 4.79 Å². The van der Waals surface area contributed by atoms with E-state index in [-0.39, 0.29) is 17.4 Å². The number of hydrogen-bond donors (Lipinski definition) is 2. The molecule has 0 aliphatic heterocycles. The second-order valence-corrected chi connectivity index (χ2v) is 5.15. The molecule has 1 aromatic heterocycles. The number of nitrogens with zero attached hydrogens (tertiary/aromatic N) is 2. The fourth-order valence-electron chi connectivity index (χ4n) is 2.59. The third kappa shape index (κ3) is 4.01. The molecule has 0 unspecified atom stereocenters. The number of carbonyl (C=O) groups excluding carboxylic acids is 1. The Morgan fingerprint density at radius 2 is 1.90 bits per heavy atom. The number of carboxylic acid groups (broad SMARTS) is 1. The van der Waals surface area contributed by atoms with Crippen molar-refractivity contribution in [3.05, 3.63) is 18.1 Å². The molecule has 0 spiro atoms. The Bertz CT molecular complexity index is 484. The van der Waals surface area contributed by atoms with Crippen molar-refractivity contribution in [3.8, 4) is 0 Å². The molecule has 0 bridgehead atoms. The summed E-state index contributed by atoms with van der Waals surface area (Å²) in [4.78, 5) is 30.4. The monoisotopic (exact) mass is 277 g/mol. The normalized spacial score (nSPS) is 15.8. The van der Waals surface area contributed by atoms with E-state index in [2.05, 4.69) is 15.3 Å². The Labute approximate surface area is 117 Å². The Balaban J connectivity index is 1.86. The molecule has 0 aromatic carbocycles. The van der Waals surface area contributed by atoms with Crippen molar-refractivity contribution in [2.45, 2.75) is 44.9 Å². The fraction of sp³-hybridized carbons (Fsp3) is 0.571. The van der Waals surface area contributed by atoms with E-state index in [1.165, 1.54) is 44.5 Å². The first kappa shape index (κ1) is 14.4. The highest BCUT2D eigenvalue weighted by molar-refractivity contribution is 5.97. The molecule has 1 aliphatic rings. The minimum Gasteiger partial charge on any atom is -0.476 e. The lowest BCUT2D eigenvalue weighted by atomic mass is 9.86. The van der Waals surface area contributed by atoms with Gasteiger partial charge in [0.1, 0.15) is 0 Å². The molecule has 6 heteroatoms. The molecule has 108 valence electrons. The first-order valence-electron chi connectivity index (χ1n) is 7.01. The van der Waals surface area contributed by atoms with E-state index in [9.17, 15) is 9.59 Å². The van der Waals surface area contributed by atoms with Crippen molar-refractivity contribution in [2.75, 3.05) is 5.32 Å². The van der Waals surface area contributed by atoms with Crippen molar-refractivity contribution in [3.63, 3.8) is 0 Å². The molecule has 6 nitrogen and oxygen atoms in total. The summed E-state index contributed by atoms with van der Waals surface area (Å²) >= 11 is 0. The van der Waals surface area contributed by atoms with Gasteiger partial charge in [-0.05, 0) is 12.3 Å². The van der Waals surface area contributed by atoms with Crippen LogP contribution in [0.5, 0.6) is 0 Å². The van der Waals surface area contributed by atoms with Gasteiger partial charge in [-0.1, -0.05) is 32.1 Å². The minimum absolute atomic E-state index is 0.0219. The zero-order chi connectivity index (χ0) is 14.4. The van der Waals surface area contributed by atoms with Crippen LogP contribution in [0.2, 0.25) is 0 Å². The second kappa shape index (κ2) is 6.98. The summed E-state index contributed by atoms with van der Waals surface area (Å²) in [7, 11) is 0. The van der Waals surface area contributed by atoms with Crippen LogP contribution < -0.4 is 5.32 Å². The summed E-state index contributed by atoms with van der Waals surface area (Å²) in [5, 5.41) is 11.5. The van der Waals surface area contributed by atoms with Crippen molar-refractivity contribution >= 4 is 17.7 Å². The maximum Gasteiger partial charge on any atom is 0.358 e. The number of hydrogen-bond acceptors (Lipinski definition) is 4. The van der Waals surface area contributed by atoms with Crippen molar-refractivity contribution < 1.29 is 14.7 Å². The molecule has 1 fully saturated rings. The van der Waals surface area contributed by atoms with E-state index in [0.717, 1.165) is 6.42 Å². The van der Waals surface area contributed by atoms with Crippen molar-refractivity contribution in [2.24, 2.45) is 5.92 Å². The van der Waals surface area contributed by atoms with Gasteiger partial charge in [0.2, 0.25) is 5.91 Å². The van der Waals surface area contributed by atoms with Crippen LogP contribution in [-0.4, -0.2) is 27.0 Å². The third-order valence-corrected chi connectivity index (χ3v) is 3.66. The van der Waals surface area contributed by atoms with Gasteiger partial charge in [0.15, 0.2) is 11.5 Å². The maximum atomic E-state index is 11.9. The van der Waals surface area contributed by atoms with E-state index in [0.29, 0.717) is 12.3 Å². The largest absolute Gasteiger partial charge is 0.476 e. The summed E-state index contributed by atoms with van der Waals surface area (Å²) < 4.78 is 0. The molecule has 1 heterocycles. The van der Waals surface area contributed by atoms with E-state index in [1.54, 1.807) is 0 Å². The lowest BCUT2D eigenvalue weighted by molar-refractivity contribution is -0.116. The third-order valence-electron chi connectivity index (χ3n) is 3.66. The van der Waals surface area contributed by atoms with Crippen LogP contribution in [0.25, 0.3) is 0 Å². The average Bonchev–Trinajstić information content (AvgIpc) is 2.46. The van der Waals surface area contributed by atoms with Crippen molar-refractivity contribution in [1.82, 2.24) is 9.97 Å². The van der Waals surface area contributed by atoms with Gasteiger partial charge < -0.3 is 10.4 Å². The summed E-state index contributed by atoms with van der Waals surface area (Å²) in [6, 6.07) is 0. The molecule has 0 radical (unpaired) electrons. The summed E-state index contributed by atoms with van der Waals surface area (Å²) in [5.74, 6) is -0.747. The zero-order valence-electron chi connectivity index (χ0n) is 11.3. The number of nitrogens with one attached hydrogen (secondary N) is 1. The summed E-state index contributed by atoms with van der Waals surface area (Å²) in [6.07, 6.45) is 10.1. The van der Waals surface area contributed by atoms with E-state index < -0.39 is 5.97 Å². The van der Waals surface area contributed by atoms with Gasteiger partial charge in [-0.2, -0.15) is 0 Å². The van der Waals surface area contributed by atoms with Crippen LogP contribution in [0.3, 0.4) is 0 Å². The summed E-state index contributed by atoms with van der Waals surface area (Å²) in [5.41, 5.74) is -0.224. The van der Waals surface area contributed by atoms with Gasteiger partial charge >= 0.3 is 5.97 Å². The predicted molar refractivity (Wildman–Crippen MR) is 73.4 cm³/mol. The lowest BCUT2D eigenvalue weighted by Gasteiger charge is -2.20. The Morgan fingerprint density at radius 1 is 1.20 bits per heavy atom. The number of aromatic nitrogens is 2. The summed E-state index contributed by atoms with van der Waals surface area (Å²) in [6.45, 7) is 0. The first-order valence-corrected chi connectivity index (χ1v) is 7.01. The van der Waals surface area contributed by atoms with Crippen LogP contribution in [0.1, 0.15) is 55.4 Å². The van der Waals surface area contributed by atoms with E-state index in [4.69, 9.17) is 5.11 Å². The fourth-order valence-corrected chi connectivity index (χ4v) is 2.59. The number of aromatic carboxylic acids is 1. The average molecular weight is 277 g/mol. The van der Waals surface area contributed by atoms with Gasteiger partial charge in [0, 0.05) is 18.8 Å². The van der Waals surface area contributed by atoms with E-state index >= 15 is 0 Å². The van der Waals surface area contributed by atoms with Gasteiger partial charge in [-0.3, -0.25) is 4.79 Å². The number of rotatable bonds is 5. The van der Waals surface area contributed by atoms with E-state index in [1.807, 2.05) is 0 Å². The van der Waals surface area contributed by atoms with Crippen LogP contribution in [0.4, 0.5) is 5.82 Å². The smallest absolute Gasteiger partial charge is 0.358 e. The first-order chi connectivity index (χ1) is 9.66. The molecular weight excluding hydrogens is 258 g/mol. The maximum absolute atomic E-state index is 11.9. The standard InChI is InChI=1S/C14H19N3O3/c18-11(7-6-10-4-2-1-3-5-10)17-13-12(14(19)20)15-8-9-16-13/h8-10H,1-7H2,(H,19,20)(H,16,17,18). The topological polar surface area (TPSA) is 92.2 Å². The molecule has 1 aromatic rings. The van der Waals surface area contributed by atoms with Crippen LogP contribution in [0, 0.1) is 5.92 Å². The molecule has 0 saturated heterocycles. The van der Waals surface area contributed by atoms with Gasteiger partial charge in [0.05, 0.1) is 0 Å². The van der Waals surface area contributed by atoms with Crippen LogP contribution in [0.15, 0.2) is 12.4 Å². The van der Waals surface area contributed by atoms with Gasteiger partial charge in [0.25, 0.3) is 0 Å². The van der Waals surface area contributed by atoms with Gasteiger partial charge in [-0.25, -0.2) is 14.8 Å². The second-order valence-electron chi connectivity index (χ2n) is 5.15. The Kier molecular flexibility index (Phi) is 5.03. The lowest BCUT2D eigenvalue weighted by Crippen LogP contribution is -2.18. The number of amides is 1. The quantitative estimate of drug-likeness (QED) is 0.862. The molecule has 2 N–H and O–H groups in total. The zero-order valence-corrected chi connectivity index (χ0v) is 11.3. The number of carboxylic acids is 1. The van der Waals surface area contributed by atoms with Crippen molar-refractivity contribution in [1.29, 1.82) is 0 Å². The molecule has 1 saturated carbocycles. The van der Waals surface area contributed by atoms with Gasteiger partial charge in [-0.15, -0.1) is 0 Å². The molecular formula is C14H19N3O3. The Hall–Kier alpha value is -1.98. The molecule has 2 rings (SSSR count). The Morgan fingerprint density at radius 3 is 2.60 bits per heavy atom. The number of anilines is 1. The highest BCUT2D eigenvalue weighted by Gasteiger charge is 2.17. The molecule has 1 aliphatic carbocycles. The molecule has 0 atom stereocenters. The minimum atomic E-state index is -1.19. The highest BCUT2D eigenvalue weighted by atomic mass is 16.4. The SMILES string of the molecule is O=C(CCC1CCCCC1)Nc1nccnc1C(=O)O. The highest BCUT2D eigenvalue weighted by Crippen LogP contribution is 2.27. The molecule has 20 heavy (non-hydrogen) atoms.